The molecule has 0 bridgehead atoms. The average molecular weight is 279 g/mol. The molecule has 0 unspecified atom stereocenters. The van der Waals surface area contributed by atoms with Crippen LogP contribution >= 0.6 is 0 Å². The highest BCUT2D eigenvalue weighted by molar-refractivity contribution is 5.68. The van der Waals surface area contributed by atoms with Gasteiger partial charge in [0.25, 0.3) is 0 Å². The smallest absolute Gasteiger partial charge is 0.409 e. The predicted molar refractivity (Wildman–Crippen MR) is 75.1 cm³/mol. The van der Waals surface area contributed by atoms with Crippen molar-refractivity contribution in [1.82, 2.24) is 4.90 Å². The minimum absolute atomic E-state index is 0.0689. The number of hydrogen-bond acceptors (Lipinski definition) is 4. The van der Waals surface area contributed by atoms with Gasteiger partial charge < -0.3 is 19.1 Å². The first kappa shape index (κ1) is 14.5. The summed E-state index contributed by atoms with van der Waals surface area (Å²) >= 11 is 0. The molecular formula is C15H21NO4. The Kier molecular flexibility index (Phi) is 4.71. The summed E-state index contributed by atoms with van der Waals surface area (Å²) in [6.45, 7) is 7.08. The first-order valence-corrected chi connectivity index (χ1v) is 6.97. The first-order chi connectivity index (χ1) is 9.65. The number of rotatable bonds is 5. The summed E-state index contributed by atoms with van der Waals surface area (Å²) in [6.07, 6.45) is 0.492. The number of fused-ring (bicyclic) bond motifs is 1. The number of likely N-dealkylation sites (N-methyl/N-ethyl adjacent to an activating group) is 1. The van der Waals surface area contributed by atoms with Crippen molar-refractivity contribution in [2.24, 2.45) is 0 Å². The van der Waals surface area contributed by atoms with Gasteiger partial charge >= 0.3 is 6.09 Å². The fraction of sp³-hybridized carbons (Fsp3) is 0.533. The van der Waals surface area contributed by atoms with Crippen molar-refractivity contribution >= 4 is 6.09 Å². The van der Waals surface area contributed by atoms with E-state index in [1.54, 1.807) is 4.90 Å². The molecule has 0 aromatic heterocycles. The molecule has 1 aliphatic heterocycles. The average Bonchev–Trinajstić information content (AvgIpc) is 2.87. The molecule has 2 rings (SSSR count). The largest absolute Gasteiger partial charge is 0.454 e. The van der Waals surface area contributed by atoms with Crippen LogP contribution in [0.5, 0.6) is 11.5 Å². The van der Waals surface area contributed by atoms with E-state index in [-0.39, 0.29) is 18.9 Å². The van der Waals surface area contributed by atoms with Gasteiger partial charge in [0.2, 0.25) is 6.79 Å². The van der Waals surface area contributed by atoms with E-state index in [1.165, 1.54) is 0 Å². The van der Waals surface area contributed by atoms with Crippen LogP contribution in [0.15, 0.2) is 18.2 Å². The van der Waals surface area contributed by atoms with Crippen LogP contribution in [0.2, 0.25) is 0 Å². The van der Waals surface area contributed by atoms with Crippen molar-refractivity contribution in [3.63, 3.8) is 0 Å². The molecule has 1 amide bonds. The Morgan fingerprint density at radius 2 is 2.10 bits per heavy atom. The molecular weight excluding hydrogens is 258 g/mol. The van der Waals surface area contributed by atoms with Gasteiger partial charge in [0.15, 0.2) is 11.5 Å². The summed E-state index contributed by atoms with van der Waals surface area (Å²) in [6, 6.07) is 5.95. The molecule has 0 saturated heterocycles. The van der Waals surface area contributed by atoms with E-state index in [0.717, 1.165) is 23.5 Å². The molecule has 0 aliphatic carbocycles. The van der Waals surface area contributed by atoms with Crippen molar-refractivity contribution < 1.29 is 19.0 Å². The first-order valence-electron chi connectivity index (χ1n) is 6.97. The van der Waals surface area contributed by atoms with E-state index < -0.39 is 0 Å². The third kappa shape index (κ3) is 3.15. The number of carbonyl (C=O) groups is 1. The monoisotopic (exact) mass is 279 g/mol. The fourth-order valence-electron chi connectivity index (χ4n) is 2.35. The molecule has 1 aromatic carbocycles. The molecule has 0 N–H and O–H groups in total. The van der Waals surface area contributed by atoms with Gasteiger partial charge in [-0.1, -0.05) is 6.07 Å². The standard InChI is InChI=1S/C15H21NO4/c1-4-16(15(17)18-5-2)11(3)8-12-6-7-13-14(9-12)20-10-19-13/h6-7,9,11H,4-5,8,10H2,1-3H3/t11-/m0/s1. The third-order valence-corrected chi connectivity index (χ3v) is 3.34. The van der Waals surface area contributed by atoms with Gasteiger partial charge in [-0.2, -0.15) is 0 Å². The molecule has 110 valence electrons. The number of nitrogens with zero attached hydrogens (tertiary/aromatic N) is 1. The zero-order valence-electron chi connectivity index (χ0n) is 12.2. The zero-order chi connectivity index (χ0) is 14.5. The van der Waals surface area contributed by atoms with Gasteiger partial charge in [-0.15, -0.1) is 0 Å². The van der Waals surface area contributed by atoms with E-state index in [9.17, 15) is 4.79 Å². The predicted octanol–water partition coefficient (Wildman–Crippen LogP) is 2.82. The number of amides is 1. The van der Waals surface area contributed by atoms with Crippen molar-refractivity contribution in [3.8, 4) is 11.5 Å². The van der Waals surface area contributed by atoms with Gasteiger partial charge in [0.1, 0.15) is 0 Å². The van der Waals surface area contributed by atoms with Gasteiger partial charge in [-0.3, -0.25) is 0 Å². The highest BCUT2D eigenvalue weighted by atomic mass is 16.7. The quantitative estimate of drug-likeness (QED) is 0.831. The lowest BCUT2D eigenvalue weighted by Crippen LogP contribution is -2.40. The fourth-order valence-corrected chi connectivity index (χ4v) is 2.35. The van der Waals surface area contributed by atoms with Crippen LogP contribution in [0.3, 0.4) is 0 Å². The second-order valence-electron chi connectivity index (χ2n) is 4.73. The van der Waals surface area contributed by atoms with Crippen LogP contribution in [0, 0.1) is 0 Å². The van der Waals surface area contributed by atoms with E-state index in [1.807, 2.05) is 39.0 Å². The summed E-state index contributed by atoms with van der Waals surface area (Å²) in [4.78, 5) is 13.6. The number of hydrogen-bond donors (Lipinski definition) is 0. The summed E-state index contributed by atoms with van der Waals surface area (Å²) in [5.74, 6) is 1.55. The molecule has 1 heterocycles. The lowest BCUT2D eigenvalue weighted by atomic mass is 10.1. The molecule has 0 spiro atoms. The van der Waals surface area contributed by atoms with E-state index in [2.05, 4.69) is 0 Å². The SMILES string of the molecule is CCOC(=O)N(CC)[C@@H](C)Cc1ccc2c(c1)OCO2. The zero-order valence-corrected chi connectivity index (χ0v) is 12.2. The summed E-state index contributed by atoms with van der Waals surface area (Å²) in [7, 11) is 0. The van der Waals surface area contributed by atoms with Gasteiger partial charge in [0.05, 0.1) is 6.61 Å². The molecule has 0 fully saturated rings. The second-order valence-corrected chi connectivity index (χ2v) is 4.73. The Morgan fingerprint density at radius 3 is 2.80 bits per heavy atom. The summed E-state index contributed by atoms with van der Waals surface area (Å²) in [5, 5.41) is 0. The lowest BCUT2D eigenvalue weighted by Gasteiger charge is -2.27. The van der Waals surface area contributed by atoms with Crippen LogP contribution < -0.4 is 9.47 Å². The Balaban J connectivity index is 2.02. The molecule has 1 atom stereocenters. The Hall–Kier alpha value is -1.91. The minimum Gasteiger partial charge on any atom is -0.454 e. The maximum absolute atomic E-state index is 11.9. The Labute approximate surface area is 119 Å². The maximum Gasteiger partial charge on any atom is 0.409 e. The summed E-state index contributed by atoms with van der Waals surface area (Å²) in [5.41, 5.74) is 1.12. The maximum atomic E-state index is 11.9. The van der Waals surface area contributed by atoms with E-state index >= 15 is 0 Å². The highest BCUT2D eigenvalue weighted by Crippen LogP contribution is 2.32. The minimum atomic E-state index is -0.261. The van der Waals surface area contributed by atoms with Crippen molar-refractivity contribution in [2.75, 3.05) is 19.9 Å². The number of benzene rings is 1. The van der Waals surface area contributed by atoms with Crippen molar-refractivity contribution in [2.45, 2.75) is 33.2 Å². The lowest BCUT2D eigenvalue weighted by molar-refractivity contribution is 0.0955. The van der Waals surface area contributed by atoms with Crippen molar-refractivity contribution in [3.05, 3.63) is 23.8 Å². The van der Waals surface area contributed by atoms with E-state index in [4.69, 9.17) is 14.2 Å². The normalized spacial score (nSPS) is 13.9. The molecule has 0 saturated carbocycles. The molecule has 1 aromatic rings. The van der Waals surface area contributed by atoms with Crippen LogP contribution in [0.25, 0.3) is 0 Å². The molecule has 5 heteroatoms. The van der Waals surface area contributed by atoms with Gasteiger partial charge in [0, 0.05) is 12.6 Å². The second kappa shape index (κ2) is 6.50. The number of ether oxygens (including phenoxy) is 3. The van der Waals surface area contributed by atoms with E-state index in [0.29, 0.717) is 13.2 Å². The Morgan fingerprint density at radius 1 is 1.35 bits per heavy atom. The van der Waals surface area contributed by atoms with Crippen LogP contribution in [-0.2, 0) is 11.2 Å². The van der Waals surface area contributed by atoms with Gasteiger partial charge in [-0.25, -0.2) is 4.79 Å². The topological polar surface area (TPSA) is 48.0 Å². The molecule has 20 heavy (non-hydrogen) atoms. The van der Waals surface area contributed by atoms with Crippen LogP contribution in [-0.4, -0.2) is 37.0 Å². The summed E-state index contributed by atoms with van der Waals surface area (Å²) < 4.78 is 15.7. The number of carbonyl (C=O) groups excluding carboxylic acids is 1. The molecule has 5 nitrogen and oxygen atoms in total. The molecule has 0 radical (unpaired) electrons. The van der Waals surface area contributed by atoms with Crippen LogP contribution in [0.1, 0.15) is 26.3 Å². The van der Waals surface area contributed by atoms with Crippen molar-refractivity contribution in [1.29, 1.82) is 0 Å². The molecule has 1 aliphatic rings. The highest BCUT2D eigenvalue weighted by Gasteiger charge is 2.21. The van der Waals surface area contributed by atoms with Gasteiger partial charge in [-0.05, 0) is 44.9 Å². The van der Waals surface area contributed by atoms with Crippen LogP contribution in [0.4, 0.5) is 4.79 Å². The third-order valence-electron chi connectivity index (χ3n) is 3.34. The Bertz CT molecular complexity index is 475.